The number of carbonyl (C=O) groups excluding carboxylic acids is 4. The Kier molecular flexibility index (Phi) is 15.6. The Morgan fingerprint density at radius 1 is 1.28 bits per heavy atom. The molecule has 2 rings (SSSR count). The number of ether oxygens (including phenoxy) is 1. The second-order valence-electron chi connectivity index (χ2n) is 6.19. The normalized spacial score (nSPS) is 16.3. The van der Waals surface area contributed by atoms with E-state index in [9.17, 15) is 22.8 Å². The zero-order chi connectivity index (χ0) is 25.3. The van der Waals surface area contributed by atoms with Gasteiger partial charge in [0.2, 0.25) is 0 Å². The van der Waals surface area contributed by atoms with Crippen molar-refractivity contribution in [3.63, 3.8) is 0 Å². The Morgan fingerprint density at radius 3 is 2.31 bits per heavy atom. The smallest absolute Gasteiger partial charge is 0.411 e. The van der Waals surface area contributed by atoms with Crippen molar-refractivity contribution in [1.29, 1.82) is 0 Å². The highest BCUT2D eigenvalue weighted by Gasteiger charge is 2.31. The van der Waals surface area contributed by atoms with Gasteiger partial charge in [-0.1, -0.05) is 30.3 Å². The van der Waals surface area contributed by atoms with Gasteiger partial charge in [0, 0.05) is 31.6 Å². The molecular formula is C20H28F3N3O6. The summed E-state index contributed by atoms with van der Waals surface area (Å²) >= 11 is 0. The molecule has 0 aromatic heterocycles. The third-order valence-corrected chi connectivity index (χ3v) is 3.80. The molecule has 1 aliphatic rings. The Morgan fingerprint density at radius 2 is 1.81 bits per heavy atom. The van der Waals surface area contributed by atoms with Gasteiger partial charge in [0.05, 0.1) is 6.61 Å². The molecule has 1 heterocycles. The van der Waals surface area contributed by atoms with E-state index in [1.807, 2.05) is 32.6 Å². The van der Waals surface area contributed by atoms with E-state index in [0.29, 0.717) is 18.8 Å². The molecule has 0 radical (unpaired) electrons. The van der Waals surface area contributed by atoms with Crippen LogP contribution < -0.4 is 5.32 Å². The molecule has 1 saturated heterocycles. The molecule has 1 atom stereocenters. The number of carbonyl (C=O) groups is 4. The van der Waals surface area contributed by atoms with Crippen molar-refractivity contribution in [2.24, 2.45) is 11.1 Å². The topological polar surface area (TPSA) is 125 Å². The van der Waals surface area contributed by atoms with Crippen LogP contribution in [0.3, 0.4) is 0 Å². The first kappa shape index (κ1) is 30.8. The fraction of sp³-hybridized carbons (Fsp3) is 0.450. The number of anilines is 1. The second-order valence-corrected chi connectivity index (χ2v) is 6.19. The van der Waals surface area contributed by atoms with Gasteiger partial charge >= 0.3 is 12.3 Å². The molecule has 0 saturated carbocycles. The van der Waals surface area contributed by atoms with Crippen molar-refractivity contribution in [1.82, 2.24) is 4.90 Å². The molecular weight excluding hydrogens is 435 g/mol. The minimum Gasteiger partial charge on any atom is -0.450 e. The van der Waals surface area contributed by atoms with Gasteiger partial charge < -0.3 is 24.4 Å². The van der Waals surface area contributed by atoms with Crippen molar-refractivity contribution in [2.75, 3.05) is 18.5 Å². The first-order valence-corrected chi connectivity index (χ1v) is 9.24. The lowest BCUT2D eigenvalue weighted by Crippen LogP contribution is -2.45. The number of likely N-dealkylation sites (tertiary alicyclic amines) is 1. The van der Waals surface area contributed by atoms with Crippen LogP contribution in [0.2, 0.25) is 0 Å². The van der Waals surface area contributed by atoms with Crippen LogP contribution in [0.4, 0.5) is 23.7 Å². The summed E-state index contributed by atoms with van der Waals surface area (Å²) in [6.45, 7) is 8.97. The van der Waals surface area contributed by atoms with Crippen LogP contribution in [-0.4, -0.2) is 60.7 Å². The summed E-state index contributed by atoms with van der Waals surface area (Å²) in [5.41, 5.74) is 1.56. The summed E-state index contributed by atoms with van der Waals surface area (Å²) in [7, 11) is 0. The van der Waals surface area contributed by atoms with E-state index in [1.54, 1.807) is 24.0 Å². The lowest BCUT2D eigenvalue weighted by atomic mass is 9.95. The Hall–Kier alpha value is -3.44. The minimum atomic E-state index is -4.00. The molecule has 1 aliphatic heterocycles. The second kappa shape index (κ2) is 16.3. The number of halogens is 3. The number of benzene rings is 1. The quantitative estimate of drug-likeness (QED) is 0.519. The molecule has 9 nitrogen and oxygen atoms in total. The number of nitrogens with one attached hydrogen (secondary N) is 1. The summed E-state index contributed by atoms with van der Waals surface area (Å²) in [5, 5.41) is 14.8. The standard InChI is InChI=1S/C16H21N3O4.C2H3F3.2CH2O/c1-3-23-16(21)17-13-7-5-4-6-12(13)10-19-9-8-11(2)14(18-22)15(19)20;1-2(3,4)5;2*1-2/h4-7,11,22H,3,8-10H2,1-2H3,(H,17,21);1H3;2*1H2/b18-14+;;;. The van der Waals surface area contributed by atoms with Crippen molar-refractivity contribution in [3.8, 4) is 0 Å². The molecule has 0 spiro atoms. The first-order chi connectivity index (χ1) is 15.1. The van der Waals surface area contributed by atoms with Gasteiger partial charge in [-0.2, -0.15) is 13.2 Å². The number of rotatable bonds is 4. The molecule has 12 heteroatoms. The van der Waals surface area contributed by atoms with Crippen molar-refractivity contribution in [2.45, 2.75) is 39.9 Å². The van der Waals surface area contributed by atoms with E-state index in [-0.39, 0.29) is 31.1 Å². The van der Waals surface area contributed by atoms with Gasteiger partial charge in [-0.3, -0.25) is 10.1 Å². The maximum Gasteiger partial charge on any atom is 0.411 e. The molecule has 0 bridgehead atoms. The number of oxime groups is 1. The van der Waals surface area contributed by atoms with Crippen LogP contribution in [0, 0.1) is 5.92 Å². The predicted molar refractivity (Wildman–Crippen MR) is 111 cm³/mol. The van der Waals surface area contributed by atoms with Crippen molar-refractivity contribution < 1.29 is 42.3 Å². The van der Waals surface area contributed by atoms with Gasteiger partial charge in [-0.25, -0.2) is 4.79 Å². The summed E-state index contributed by atoms with van der Waals surface area (Å²) in [6.07, 6.45) is -3.80. The van der Waals surface area contributed by atoms with Crippen LogP contribution in [-0.2, 0) is 25.7 Å². The van der Waals surface area contributed by atoms with E-state index in [0.717, 1.165) is 12.0 Å². The number of hydrogen-bond donors (Lipinski definition) is 2. The average Bonchev–Trinajstić information content (AvgIpc) is 2.74. The fourth-order valence-electron chi connectivity index (χ4n) is 2.52. The third kappa shape index (κ3) is 12.3. The monoisotopic (exact) mass is 463 g/mol. The Balaban J connectivity index is 0. The summed E-state index contributed by atoms with van der Waals surface area (Å²) in [6, 6.07) is 7.22. The lowest BCUT2D eigenvalue weighted by molar-refractivity contribution is -0.126. The minimum absolute atomic E-state index is 0.0587. The molecule has 2 N–H and O–H groups in total. The van der Waals surface area contributed by atoms with E-state index < -0.39 is 12.3 Å². The van der Waals surface area contributed by atoms with Crippen LogP contribution in [0.15, 0.2) is 29.4 Å². The fourth-order valence-corrected chi connectivity index (χ4v) is 2.52. The summed E-state index contributed by atoms with van der Waals surface area (Å²) in [5.74, 6) is -0.339. The molecule has 2 amide bonds. The average molecular weight is 463 g/mol. The summed E-state index contributed by atoms with van der Waals surface area (Å²) in [4.78, 5) is 41.5. The Labute approximate surface area is 184 Å². The molecule has 32 heavy (non-hydrogen) atoms. The molecule has 0 aliphatic carbocycles. The predicted octanol–water partition coefficient (Wildman–Crippen LogP) is 3.65. The highest BCUT2D eigenvalue weighted by molar-refractivity contribution is 6.39. The van der Waals surface area contributed by atoms with Gasteiger partial charge in [0.15, 0.2) is 0 Å². The number of piperidine rings is 1. The van der Waals surface area contributed by atoms with Gasteiger partial charge in [0.25, 0.3) is 5.91 Å². The zero-order valence-corrected chi connectivity index (χ0v) is 18.1. The maximum absolute atomic E-state index is 12.3. The molecule has 180 valence electrons. The van der Waals surface area contributed by atoms with E-state index in [1.165, 1.54) is 0 Å². The van der Waals surface area contributed by atoms with Crippen molar-refractivity contribution >= 4 is 37.0 Å². The molecule has 1 aromatic rings. The van der Waals surface area contributed by atoms with Crippen molar-refractivity contribution in [3.05, 3.63) is 29.8 Å². The van der Waals surface area contributed by atoms with Gasteiger partial charge in [-0.05, 0) is 25.0 Å². The highest BCUT2D eigenvalue weighted by Crippen LogP contribution is 2.22. The maximum atomic E-state index is 12.3. The van der Waals surface area contributed by atoms with Gasteiger partial charge in [-0.15, -0.1) is 0 Å². The van der Waals surface area contributed by atoms with Crippen LogP contribution in [0.5, 0.6) is 0 Å². The number of alkyl halides is 3. The van der Waals surface area contributed by atoms with E-state index in [4.69, 9.17) is 19.5 Å². The van der Waals surface area contributed by atoms with Gasteiger partial charge in [0.1, 0.15) is 19.3 Å². The number of amides is 2. The zero-order valence-electron chi connectivity index (χ0n) is 18.1. The summed E-state index contributed by atoms with van der Waals surface area (Å²) < 4.78 is 35.9. The molecule has 1 aromatic carbocycles. The molecule has 1 unspecified atom stereocenters. The number of hydrogen-bond acceptors (Lipinski definition) is 7. The number of nitrogens with zero attached hydrogens (tertiary/aromatic N) is 2. The third-order valence-electron chi connectivity index (χ3n) is 3.80. The molecule has 1 fully saturated rings. The van der Waals surface area contributed by atoms with Crippen LogP contribution in [0.25, 0.3) is 0 Å². The SMILES string of the molecule is C=O.C=O.CC(F)(F)F.CCOC(=O)Nc1ccccc1CN1CCC(C)/C(=N\O)C1=O. The van der Waals surface area contributed by atoms with E-state index in [2.05, 4.69) is 10.5 Å². The Bertz CT molecular complexity index is 736. The van der Waals surface area contributed by atoms with Crippen LogP contribution >= 0.6 is 0 Å². The number of para-hydroxylation sites is 1. The van der Waals surface area contributed by atoms with Crippen LogP contribution in [0.1, 0.15) is 32.8 Å². The lowest BCUT2D eigenvalue weighted by Gasteiger charge is -2.31. The first-order valence-electron chi connectivity index (χ1n) is 9.24. The van der Waals surface area contributed by atoms with E-state index >= 15 is 0 Å². The highest BCUT2D eigenvalue weighted by atomic mass is 19.4. The largest absolute Gasteiger partial charge is 0.450 e.